The normalized spacial score (nSPS) is 16.7. The van der Waals surface area contributed by atoms with E-state index in [0.717, 1.165) is 18.4 Å². The van der Waals surface area contributed by atoms with E-state index in [2.05, 4.69) is 15.5 Å². The number of benzene rings is 2. The number of carbonyl (C=O) groups is 1. The van der Waals surface area contributed by atoms with Crippen molar-refractivity contribution in [2.75, 3.05) is 11.9 Å². The standard InChI is InChI=1S/C19H17N3O3/c23-18(16-11-6-12-24-16)20-15-10-5-4-9-14(15)19-21-17(22-25-19)13-7-2-1-3-8-13/h1-5,7-10,16H,6,11-12H2,(H,20,23). The van der Waals surface area contributed by atoms with Gasteiger partial charge in [-0.2, -0.15) is 4.98 Å². The molecule has 0 saturated carbocycles. The zero-order chi connectivity index (χ0) is 17.1. The fourth-order valence-electron chi connectivity index (χ4n) is 2.81. The average Bonchev–Trinajstić information content (AvgIpc) is 3.35. The van der Waals surface area contributed by atoms with Gasteiger partial charge < -0.3 is 14.6 Å². The molecule has 4 rings (SSSR count). The molecule has 1 fully saturated rings. The molecule has 126 valence electrons. The van der Waals surface area contributed by atoms with Gasteiger partial charge in [-0.15, -0.1) is 0 Å². The number of nitrogens with one attached hydrogen (secondary N) is 1. The molecular formula is C19H17N3O3. The molecule has 0 bridgehead atoms. The molecule has 6 nitrogen and oxygen atoms in total. The second kappa shape index (κ2) is 6.86. The largest absolute Gasteiger partial charge is 0.368 e. The minimum Gasteiger partial charge on any atom is -0.368 e. The Morgan fingerprint density at radius 2 is 1.88 bits per heavy atom. The van der Waals surface area contributed by atoms with Gasteiger partial charge in [-0.05, 0) is 25.0 Å². The molecule has 2 heterocycles. The van der Waals surface area contributed by atoms with Crippen molar-refractivity contribution in [2.24, 2.45) is 0 Å². The number of nitrogens with zero attached hydrogens (tertiary/aromatic N) is 2. The van der Waals surface area contributed by atoms with Crippen LogP contribution in [0.25, 0.3) is 22.8 Å². The lowest BCUT2D eigenvalue weighted by molar-refractivity contribution is -0.124. The molecule has 1 aliphatic heterocycles. The highest BCUT2D eigenvalue weighted by molar-refractivity contribution is 5.97. The van der Waals surface area contributed by atoms with E-state index in [1.165, 1.54) is 0 Å². The van der Waals surface area contributed by atoms with Gasteiger partial charge in [0.2, 0.25) is 5.82 Å². The first-order valence-corrected chi connectivity index (χ1v) is 8.22. The van der Waals surface area contributed by atoms with Gasteiger partial charge in [-0.3, -0.25) is 4.79 Å². The second-order valence-corrected chi connectivity index (χ2v) is 5.83. The predicted molar refractivity (Wildman–Crippen MR) is 92.8 cm³/mol. The maximum atomic E-state index is 12.3. The Labute approximate surface area is 144 Å². The van der Waals surface area contributed by atoms with Gasteiger partial charge in [-0.25, -0.2) is 0 Å². The molecule has 6 heteroatoms. The lowest BCUT2D eigenvalue weighted by Crippen LogP contribution is -2.27. The third-order valence-corrected chi connectivity index (χ3v) is 4.10. The van der Waals surface area contributed by atoms with Crippen molar-refractivity contribution in [3.8, 4) is 22.8 Å². The van der Waals surface area contributed by atoms with Crippen LogP contribution in [0.4, 0.5) is 5.69 Å². The van der Waals surface area contributed by atoms with Crippen molar-refractivity contribution < 1.29 is 14.1 Å². The van der Waals surface area contributed by atoms with E-state index < -0.39 is 6.10 Å². The van der Waals surface area contributed by atoms with Crippen LogP contribution in [0, 0.1) is 0 Å². The van der Waals surface area contributed by atoms with Crippen molar-refractivity contribution in [3.05, 3.63) is 54.6 Å². The highest BCUT2D eigenvalue weighted by Gasteiger charge is 2.24. The van der Waals surface area contributed by atoms with Crippen LogP contribution in [0.2, 0.25) is 0 Å². The molecule has 2 aromatic carbocycles. The summed E-state index contributed by atoms with van der Waals surface area (Å²) in [5, 5.41) is 6.95. The van der Waals surface area contributed by atoms with Crippen LogP contribution in [0.15, 0.2) is 59.1 Å². The van der Waals surface area contributed by atoms with E-state index in [1.807, 2.05) is 54.6 Å². The molecule has 1 aliphatic rings. The third-order valence-electron chi connectivity index (χ3n) is 4.10. The first-order chi connectivity index (χ1) is 12.3. The number of anilines is 1. The zero-order valence-electron chi connectivity index (χ0n) is 13.5. The van der Waals surface area contributed by atoms with Crippen LogP contribution < -0.4 is 5.32 Å². The summed E-state index contributed by atoms with van der Waals surface area (Å²) in [6.45, 7) is 0.629. The SMILES string of the molecule is O=C(Nc1ccccc1-c1nc(-c2ccccc2)no1)C1CCCO1. The molecule has 1 atom stereocenters. The van der Waals surface area contributed by atoms with E-state index in [1.54, 1.807) is 0 Å². The first-order valence-electron chi connectivity index (χ1n) is 8.22. The maximum Gasteiger partial charge on any atom is 0.260 e. The molecule has 25 heavy (non-hydrogen) atoms. The Balaban J connectivity index is 1.61. The number of hydrogen-bond acceptors (Lipinski definition) is 5. The number of para-hydroxylation sites is 1. The van der Waals surface area contributed by atoms with Gasteiger partial charge in [-0.1, -0.05) is 47.6 Å². The molecule has 1 unspecified atom stereocenters. The third kappa shape index (κ3) is 3.29. The minimum absolute atomic E-state index is 0.146. The molecule has 1 saturated heterocycles. The summed E-state index contributed by atoms with van der Waals surface area (Å²) < 4.78 is 10.8. The minimum atomic E-state index is -0.393. The lowest BCUT2D eigenvalue weighted by atomic mass is 10.1. The first kappa shape index (κ1) is 15.5. The average molecular weight is 335 g/mol. The van der Waals surface area contributed by atoms with Crippen molar-refractivity contribution in [2.45, 2.75) is 18.9 Å². The summed E-state index contributed by atoms with van der Waals surface area (Å²) in [7, 11) is 0. The van der Waals surface area contributed by atoms with Gasteiger partial charge in [0.15, 0.2) is 0 Å². The van der Waals surface area contributed by atoms with E-state index in [4.69, 9.17) is 9.26 Å². The summed E-state index contributed by atoms with van der Waals surface area (Å²) in [5.41, 5.74) is 2.19. The topological polar surface area (TPSA) is 77.3 Å². The number of ether oxygens (including phenoxy) is 1. The van der Waals surface area contributed by atoms with Crippen LogP contribution in [0.5, 0.6) is 0 Å². The molecule has 1 aromatic heterocycles. The molecule has 0 aliphatic carbocycles. The summed E-state index contributed by atoms with van der Waals surface area (Å²) in [6.07, 6.45) is 1.26. The number of hydrogen-bond donors (Lipinski definition) is 1. The fourth-order valence-corrected chi connectivity index (χ4v) is 2.81. The highest BCUT2D eigenvalue weighted by Crippen LogP contribution is 2.29. The van der Waals surface area contributed by atoms with Crippen molar-refractivity contribution in [1.82, 2.24) is 10.1 Å². The summed E-state index contributed by atoms with van der Waals surface area (Å²) in [6, 6.07) is 17.0. The Morgan fingerprint density at radius 3 is 2.68 bits per heavy atom. The van der Waals surface area contributed by atoms with Crippen LogP contribution >= 0.6 is 0 Å². The molecule has 1 amide bonds. The number of rotatable bonds is 4. The van der Waals surface area contributed by atoms with E-state index >= 15 is 0 Å². The van der Waals surface area contributed by atoms with Gasteiger partial charge in [0.05, 0.1) is 11.3 Å². The van der Waals surface area contributed by atoms with E-state index in [-0.39, 0.29) is 5.91 Å². The van der Waals surface area contributed by atoms with E-state index in [9.17, 15) is 4.79 Å². The number of amides is 1. The van der Waals surface area contributed by atoms with Crippen molar-refractivity contribution in [3.63, 3.8) is 0 Å². The van der Waals surface area contributed by atoms with Gasteiger partial charge >= 0.3 is 0 Å². The molecular weight excluding hydrogens is 318 g/mol. The van der Waals surface area contributed by atoms with E-state index in [0.29, 0.717) is 29.6 Å². The summed E-state index contributed by atoms with van der Waals surface area (Å²) in [4.78, 5) is 16.8. The monoisotopic (exact) mass is 335 g/mol. The smallest absolute Gasteiger partial charge is 0.260 e. The number of carbonyl (C=O) groups excluding carboxylic acids is 1. The predicted octanol–water partition coefficient (Wildman–Crippen LogP) is 3.52. The summed E-state index contributed by atoms with van der Waals surface area (Å²) in [5.74, 6) is 0.727. The Kier molecular flexibility index (Phi) is 4.26. The fraction of sp³-hybridized carbons (Fsp3) is 0.211. The molecule has 0 radical (unpaired) electrons. The van der Waals surface area contributed by atoms with Crippen LogP contribution in [0.3, 0.4) is 0 Å². The van der Waals surface area contributed by atoms with Gasteiger partial charge in [0.1, 0.15) is 6.10 Å². The lowest BCUT2D eigenvalue weighted by Gasteiger charge is -2.12. The quantitative estimate of drug-likeness (QED) is 0.789. The van der Waals surface area contributed by atoms with Crippen LogP contribution in [0.1, 0.15) is 12.8 Å². The molecule has 1 N–H and O–H groups in total. The molecule has 3 aromatic rings. The Morgan fingerprint density at radius 1 is 1.08 bits per heavy atom. The zero-order valence-corrected chi connectivity index (χ0v) is 13.5. The van der Waals surface area contributed by atoms with Gasteiger partial charge in [0, 0.05) is 12.2 Å². The summed E-state index contributed by atoms with van der Waals surface area (Å²) >= 11 is 0. The highest BCUT2D eigenvalue weighted by atomic mass is 16.5. The van der Waals surface area contributed by atoms with Crippen molar-refractivity contribution in [1.29, 1.82) is 0 Å². The molecule has 0 spiro atoms. The second-order valence-electron chi connectivity index (χ2n) is 5.83. The number of aromatic nitrogens is 2. The maximum absolute atomic E-state index is 12.3. The van der Waals surface area contributed by atoms with Crippen molar-refractivity contribution >= 4 is 11.6 Å². The van der Waals surface area contributed by atoms with Gasteiger partial charge in [0.25, 0.3) is 11.8 Å². The van der Waals surface area contributed by atoms with Crippen LogP contribution in [-0.4, -0.2) is 28.8 Å². The van der Waals surface area contributed by atoms with Crippen LogP contribution in [-0.2, 0) is 9.53 Å². The Hall–Kier alpha value is -2.99. The Bertz CT molecular complexity index is 870.